The van der Waals surface area contributed by atoms with Crippen molar-refractivity contribution in [3.05, 3.63) is 63.9 Å². The van der Waals surface area contributed by atoms with Crippen molar-refractivity contribution in [3.8, 4) is 0 Å². The number of carbonyl (C=O) groups excluding carboxylic acids is 1. The Morgan fingerprint density at radius 3 is 2.33 bits per heavy atom. The number of hydrogen-bond acceptors (Lipinski definition) is 2. The second kappa shape index (κ2) is 5.87. The summed E-state index contributed by atoms with van der Waals surface area (Å²) in [5, 5.41) is 0.743. The lowest BCUT2D eigenvalue weighted by Gasteiger charge is -2.24. The van der Waals surface area contributed by atoms with Crippen molar-refractivity contribution in [1.82, 2.24) is 0 Å². The highest BCUT2D eigenvalue weighted by Gasteiger charge is 2.34. The summed E-state index contributed by atoms with van der Waals surface area (Å²) in [5.41, 5.74) is 1.51. The van der Waals surface area contributed by atoms with Crippen LogP contribution in [0.4, 0.5) is 10.1 Å². The molecule has 0 bridgehead atoms. The zero-order valence-electron chi connectivity index (χ0n) is 10.7. The molecule has 0 saturated carbocycles. The molecule has 0 spiro atoms. The third-order valence-corrected chi connectivity index (χ3v) is 4.80. The fourth-order valence-electron chi connectivity index (χ4n) is 2.26. The van der Waals surface area contributed by atoms with Crippen LogP contribution in [0.25, 0.3) is 0 Å². The molecule has 1 saturated heterocycles. The van der Waals surface area contributed by atoms with Crippen LogP contribution in [0, 0.1) is 5.82 Å². The molecule has 1 amide bonds. The predicted molar refractivity (Wildman–Crippen MR) is 85.5 cm³/mol. The topological polar surface area (TPSA) is 20.3 Å². The van der Waals surface area contributed by atoms with Crippen LogP contribution in [0.3, 0.4) is 0 Å². The summed E-state index contributed by atoms with van der Waals surface area (Å²) in [7, 11) is 0. The maximum atomic E-state index is 13.1. The van der Waals surface area contributed by atoms with Gasteiger partial charge in [-0.05, 0) is 35.9 Å². The van der Waals surface area contributed by atoms with Gasteiger partial charge in [0.15, 0.2) is 0 Å². The first-order chi connectivity index (χ1) is 10.0. The number of benzene rings is 2. The van der Waals surface area contributed by atoms with E-state index in [4.69, 9.17) is 23.2 Å². The van der Waals surface area contributed by atoms with Gasteiger partial charge in [-0.25, -0.2) is 4.39 Å². The van der Waals surface area contributed by atoms with E-state index in [1.54, 1.807) is 35.2 Å². The van der Waals surface area contributed by atoms with E-state index in [0.29, 0.717) is 21.5 Å². The summed E-state index contributed by atoms with van der Waals surface area (Å²) in [6, 6.07) is 11.2. The highest BCUT2D eigenvalue weighted by molar-refractivity contribution is 8.00. The van der Waals surface area contributed by atoms with Crippen molar-refractivity contribution in [2.45, 2.75) is 5.37 Å². The predicted octanol–water partition coefficient (Wildman–Crippen LogP) is 4.91. The fraction of sp³-hybridized carbons (Fsp3) is 0.133. The molecule has 0 radical (unpaired) electrons. The van der Waals surface area contributed by atoms with E-state index in [9.17, 15) is 9.18 Å². The molecule has 3 rings (SSSR count). The molecule has 6 heteroatoms. The number of amides is 1. The zero-order valence-corrected chi connectivity index (χ0v) is 13.1. The van der Waals surface area contributed by atoms with Crippen LogP contribution < -0.4 is 4.90 Å². The Morgan fingerprint density at radius 2 is 1.71 bits per heavy atom. The van der Waals surface area contributed by atoms with E-state index >= 15 is 0 Å². The monoisotopic (exact) mass is 341 g/mol. The smallest absolute Gasteiger partial charge is 0.238 e. The van der Waals surface area contributed by atoms with E-state index in [2.05, 4.69) is 0 Å². The van der Waals surface area contributed by atoms with Gasteiger partial charge in [-0.15, -0.1) is 11.8 Å². The minimum atomic E-state index is -0.301. The van der Waals surface area contributed by atoms with Crippen LogP contribution in [-0.4, -0.2) is 11.7 Å². The molecule has 2 aromatic carbocycles. The number of halogens is 3. The quantitative estimate of drug-likeness (QED) is 0.773. The van der Waals surface area contributed by atoms with E-state index in [1.165, 1.54) is 23.9 Å². The van der Waals surface area contributed by atoms with Gasteiger partial charge in [0.2, 0.25) is 5.91 Å². The summed E-state index contributed by atoms with van der Waals surface area (Å²) < 4.78 is 13.1. The van der Waals surface area contributed by atoms with Crippen molar-refractivity contribution in [1.29, 1.82) is 0 Å². The zero-order chi connectivity index (χ0) is 15.0. The van der Waals surface area contributed by atoms with E-state index in [0.717, 1.165) is 5.56 Å². The van der Waals surface area contributed by atoms with Crippen LogP contribution in [0.2, 0.25) is 10.0 Å². The molecule has 0 N–H and O–H groups in total. The fourth-order valence-corrected chi connectivity index (χ4v) is 3.95. The molecular weight excluding hydrogens is 332 g/mol. The van der Waals surface area contributed by atoms with E-state index in [1.807, 2.05) is 0 Å². The van der Waals surface area contributed by atoms with Gasteiger partial charge >= 0.3 is 0 Å². The number of hydrogen-bond donors (Lipinski definition) is 0. The van der Waals surface area contributed by atoms with Crippen LogP contribution in [0.1, 0.15) is 10.9 Å². The summed E-state index contributed by atoms with van der Waals surface area (Å²) in [6.45, 7) is 0. The number of rotatable bonds is 2. The molecule has 2 nitrogen and oxygen atoms in total. The average Bonchev–Trinajstić information content (AvgIpc) is 2.80. The van der Waals surface area contributed by atoms with Crippen molar-refractivity contribution in [2.75, 3.05) is 10.7 Å². The van der Waals surface area contributed by atoms with Crippen molar-refractivity contribution in [2.24, 2.45) is 0 Å². The number of nitrogens with zero attached hydrogens (tertiary/aromatic N) is 1. The lowest BCUT2D eigenvalue weighted by molar-refractivity contribution is -0.115. The van der Waals surface area contributed by atoms with Gasteiger partial charge in [-0.3, -0.25) is 9.69 Å². The molecule has 1 aliphatic heterocycles. The number of thioether (sulfide) groups is 1. The molecular formula is C15H10Cl2FNOS. The second-order valence-corrected chi connectivity index (χ2v) is 6.55. The van der Waals surface area contributed by atoms with Crippen molar-refractivity contribution < 1.29 is 9.18 Å². The van der Waals surface area contributed by atoms with Gasteiger partial charge in [0, 0.05) is 15.7 Å². The molecule has 1 heterocycles. The Balaban J connectivity index is 2.01. The summed E-state index contributed by atoms with van der Waals surface area (Å²) in [4.78, 5) is 13.8. The molecule has 108 valence electrons. The third kappa shape index (κ3) is 3.03. The van der Waals surface area contributed by atoms with Crippen molar-refractivity contribution in [3.63, 3.8) is 0 Å². The molecule has 2 aromatic rings. The van der Waals surface area contributed by atoms with E-state index in [-0.39, 0.29) is 17.1 Å². The van der Waals surface area contributed by atoms with Gasteiger partial charge in [-0.2, -0.15) is 0 Å². The average molecular weight is 342 g/mol. The molecule has 1 atom stereocenters. The first kappa shape index (κ1) is 14.7. The number of anilines is 1. The normalized spacial score (nSPS) is 18.3. The minimum Gasteiger partial charge on any atom is -0.295 e. The van der Waals surface area contributed by atoms with Crippen LogP contribution >= 0.6 is 35.0 Å². The summed E-state index contributed by atoms with van der Waals surface area (Å²) in [6.07, 6.45) is 0. The van der Waals surface area contributed by atoms with Crippen LogP contribution in [0.5, 0.6) is 0 Å². The van der Waals surface area contributed by atoms with Gasteiger partial charge in [0.1, 0.15) is 11.2 Å². The van der Waals surface area contributed by atoms with Crippen LogP contribution in [-0.2, 0) is 4.79 Å². The number of carbonyl (C=O) groups is 1. The van der Waals surface area contributed by atoms with Crippen LogP contribution in [0.15, 0.2) is 42.5 Å². The molecule has 21 heavy (non-hydrogen) atoms. The summed E-state index contributed by atoms with van der Waals surface area (Å²) in [5.74, 6) is 0.0460. The van der Waals surface area contributed by atoms with Gasteiger partial charge < -0.3 is 0 Å². The van der Waals surface area contributed by atoms with E-state index < -0.39 is 0 Å². The maximum Gasteiger partial charge on any atom is 0.238 e. The van der Waals surface area contributed by atoms with Gasteiger partial charge in [0.25, 0.3) is 0 Å². The molecule has 1 unspecified atom stereocenters. The Bertz CT molecular complexity index is 672. The molecule has 1 fully saturated rings. The SMILES string of the molecule is O=C1CSC(c2ccc(F)cc2)N1c1cc(Cl)cc(Cl)c1. The highest BCUT2D eigenvalue weighted by Crippen LogP contribution is 2.42. The second-order valence-electron chi connectivity index (χ2n) is 4.61. The highest BCUT2D eigenvalue weighted by atomic mass is 35.5. The first-order valence-electron chi connectivity index (χ1n) is 6.20. The van der Waals surface area contributed by atoms with Gasteiger partial charge in [-0.1, -0.05) is 35.3 Å². The summed E-state index contributed by atoms with van der Waals surface area (Å²) >= 11 is 13.5. The lowest BCUT2D eigenvalue weighted by Crippen LogP contribution is -2.27. The molecule has 0 aromatic heterocycles. The van der Waals surface area contributed by atoms with Gasteiger partial charge in [0.05, 0.1) is 5.75 Å². The standard InChI is InChI=1S/C15H10Cl2FNOS/c16-10-5-11(17)7-13(6-10)19-14(20)8-21-15(19)9-1-3-12(18)4-2-9/h1-7,15H,8H2. The molecule has 1 aliphatic rings. The third-order valence-electron chi connectivity index (χ3n) is 3.15. The van der Waals surface area contributed by atoms with Crippen molar-refractivity contribution >= 4 is 46.6 Å². The maximum absolute atomic E-state index is 13.1. The lowest BCUT2D eigenvalue weighted by atomic mass is 10.2. The first-order valence-corrected chi connectivity index (χ1v) is 8.00. The Labute approximate surface area is 135 Å². The molecule has 0 aliphatic carbocycles. The Morgan fingerprint density at radius 1 is 1.10 bits per heavy atom. The minimum absolute atomic E-state index is 0.0207. The Hall–Kier alpha value is -1.23. The Kier molecular flexibility index (Phi) is 4.11. The largest absolute Gasteiger partial charge is 0.295 e.